The molecular weight excluding hydrogens is 361 g/mol. The number of amides is 2. The minimum absolute atomic E-state index is 0.0395. The lowest BCUT2D eigenvalue weighted by Gasteiger charge is -2.09. The summed E-state index contributed by atoms with van der Waals surface area (Å²) in [6, 6.07) is 2.11. The third kappa shape index (κ3) is 4.73. The summed E-state index contributed by atoms with van der Waals surface area (Å²) in [5.74, 6) is -2.47. The van der Waals surface area contributed by atoms with Gasteiger partial charge in [0, 0.05) is 4.47 Å². The maximum absolute atomic E-state index is 13.0. The predicted octanol–water partition coefficient (Wildman–Crippen LogP) is 1.58. The molecule has 0 aliphatic heterocycles. The fourth-order valence-electron chi connectivity index (χ4n) is 1.08. The lowest BCUT2D eigenvalue weighted by atomic mass is 10.3. The Morgan fingerprint density at radius 1 is 1.42 bits per heavy atom. The van der Waals surface area contributed by atoms with E-state index in [1.165, 1.54) is 0 Å². The Morgan fingerprint density at radius 3 is 2.58 bits per heavy atom. The third-order valence-electron chi connectivity index (χ3n) is 1.87. The van der Waals surface area contributed by atoms with Crippen LogP contribution >= 0.6 is 39.7 Å². The molecule has 5 nitrogen and oxygen atoms in total. The van der Waals surface area contributed by atoms with Gasteiger partial charge in [-0.1, -0.05) is 23.8 Å². The quantitative estimate of drug-likeness (QED) is 0.559. The van der Waals surface area contributed by atoms with Crippen molar-refractivity contribution in [2.75, 3.05) is 11.9 Å². The van der Waals surface area contributed by atoms with Crippen molar-refractivity contribution in [3.05, 3.63) is 27.4 Å². The Labute approximate surface area is 126 Å². The summed E-state index contributed by atoms with van der Waals surface area (Å²) in [6.45, 7) is -0.0973. The molecule has 0 bridgehead atoms. The van der Waals surface area contributed by atoms with Gasteiger partial charge in [0.15, 0.2) is 0 Å². The lowest BCUT2D eigenvalue weighted by molar-refractivity contribution is -0.135. The molecule has 1 rings (SSSR count). The molecule has 0 aliphatic rings. The molecule has 1 aromatic carbocycles. The van der Waals surface area contributed by atoms with Crippen molar-refractivity contribution in [3.8, 4) is 0 Å². The summed E-state index contributed by atoms with van der Waals surface area (Å²) in [5.41, 5.74) is 5.27. The number of halogens is 3. The van der Waals surface area contributed by atoms with Crippen LogP contribution < -0.4 is 16.4 Å². The highest BCUT2D eigenvalue weighted by atomic mass is 79.9. The number of thiocarbonyl (C=S) groups is 1. The minimum Gasteiger partial charge on any atom is -0.392 e. The van der Waals surface area contributed by atoms with Crippen LogP contribution in [-0.2, 0) is 9.59 Å². The highest BCUT2D eigenvalue weighted by Gasteiger charge is 2.17. The number of hydrogen-bond acceptors (Lipinski definition) is 3. The van der Waals surface area contributed by atoms with Gasteiger partial charge in [-0.2, -0.15) is 0 Å². The van der Waals surface area contributed by atoms with Crippen LogP contribution in [-0.4, -0.2) is 23.3 Å². The van der Waals surface area contributed by atoms with E-state index in [-0.39, 0.29) is 26.7 Å². The van der Waals surface area contributed by atoms with Crippen molar-refractivity contribution in [1.82, 2.24) is 5.32 Å². The summed E-state index contributed by atoms with van der Waals surface area (Å²) in [6.07, 6.45) is 0. The van der Waals surface area contributed by atoms with Crippen LogP contribution in [0.4, 0.5) is 10.1 Å². The van der Waals surface area contributed by atoms with Gasteiger partial charge in [-0.05, 0) is 28.1 Å². The zero-order valence-corrected chi connectivity index (χ0v) is 12.5. The first-order valence-electron chi connectivity index (χ1n) is 4.83. The molecule has 0 saturated heterocycles. The van der Waals surface area contributed by atoms with Gasteiger partial charge in [0.05, 0.1) is 22.2 Å². The summed E-state index contributed by atoms with van der Waals surface area (Å²) in [5, 5.41) is 4.41. The molecule has 102 valence electrons. The first-order valence-corrected chi connectivity index (χ1v) is 6.41. The van der Waals surface area contributed by atoms with E-state index in [4.69, 9.17) is 17.3 Å². The van der Waals surface area contributed by atoms with Gasteiger partial charge in [0.1, 0.15) is 5.82 Å². The number of anilines is 1. The molecule has 0 aromatic heterocycles. The van der Waals surface area contributed by atoms with E-state index in [2.05, 4.69) is 38.8 Å². The van der Waals surface area contributed by atoms with Gasteiger partial charge in [-0.15, -0.1) is 0 Å². The van der Waals surface area contributed by atoms with E-state index >= 15 is 0 Å². The summed E-state index contributed by atoms with van der Waals surface area (Å²) in [7, 11) is 0. The van der Waals surface area contributed by atoms with Gasteiger partial charge in [-0.25, -0.2) is 4.39 Å². The molecule has 9 heteroatoms. The highest BCUT2D eigenvalue weighted by Crippen LogP contribution is 2.31. The predicted molar refractivity (Wildman–Crippen MR) is 77.5 cm³/mol. The fourth-order valence-corrected chi connectivity index (χ4v) is 2.05. The Morgan fingerprint density at radius 2 is 2.05 bits per heavy atom. The van der Waals surface area contributed by atoms with Crippen LogP contribution in [0.2, 0.25) is 5.02 Å². The fraction of sp³-hybridized carbons (Fsp3) is 0.100. The molecule has 0 spiro atoms. The maximum Gasteiger partial charge on any atom is 0.313 e. The standard InChI is InChI=1S/C10H8BrClFN3O2S/c11-5-1-4(13)2-6(12)8(5)16-10(18)9(17)15-3-7(14)19/h1-2H,3H2,(H2,14,19)(H,15,17)(H,16,18). The Hall–Kier alpha value is -1.25. The van der Waals surface area contributed by atoms with Crippen molar-refractivity contribution in [3.63, 3.8) is 0 Å². The van der Waals surface area contributed by atoms with Gasteiger partial charge in [0.25, 0.3) is 0 Å². The first kappa shape index (κ1) is 15.8. The molecular formula is C10H8BrClFN3O2S. The zero-order chi connectivity index (χ0) is 14.6. The number of nitrogens with two attached hydrogens (primary N) is 1. The van der Waals surface area contributed by atoms with Crippen molar-refractivity contribution >= 4 is 62.2 Å². The van der Waals surface area contributed by atoms with E-state index < -0.39 is 17.6 Å². The molecule has 1 aromatic rings. The molecule has 2 amide bonds. The lowest BCUT2D eigenvalue weighted by Crippen LogP contribution is -2.39. The Balaban J connectivity index is 2.77. The van der Waals surface area contributed by atoms with Gasteiger partial charge in [0.2, 0.25) is 0 Å². The third-order valence-corrected chi connectivity index (χ3v) is 2.94. The minimum atomic E-state index is -0.967. The average molecular weight is 369 g/mol. The molecule has 4 N–H and O–H groups in total. The molecule has 0 atom stereocenters. The number of carbonyl (C=O) groups is 2. The number of benzene rings is 1. The molecule has 19 heavy (non-hydrogen) atoms. The van der Waals surface area contributed by atoms with Gasteiger partial charge in [-0.3, -0.25) is 9.59 Å². The zero-order valence-electron chi connectivity index (χ0n) is 9.30. The van der Waals surface area contributed by atoms with Gasteiger partial charge >= 0.3 is 11.8 Å². The second-order valence-corrected chi connectivity index (χ2v) is 5.13. The van der Waals surface area contributed by atoms with Crippen LogP contribution in [0.25, 0.3) is 0 Å². The monoisotopic (exact) mass is 367 g/mol. The molecule has 0 radical (unpaired) electrons. The molecule has 0 aliphatic carbocycles. The summed E-state index contributed by atoms with van der Waals surface area (Å²) < 4.78 is 13.2. The summed E-state index contributed by atoms with van der Waals surface area (Å²) >= 11 is 13.3. The summed E-state index contributed by atoms with van der Waals surface area (Å²) in [4.78, 5) is 22.9. The van der Waals surface area contributed by atoms with Crippen LogP contribution in [0.15, 0.2) is 16.6 Å². The topological polar surface area (TPSA) is 84.2 Å². The molecule has 0 unspecified atom stereocenters. The SMILES string of the molecule is NC(=S)CNC(=O)C(=O)Nc1c(Cl)cc(F)cc1Br. The number of nitrogens with one attached hydrogen (secondary N) is 2. The smallest absolute Gasteiger partial charge is 0.313 e. The number of carbonyl (C=O) groups excluding carboxylic acids is 2. The first-order chi connectivity index (χ1) is 8.81. The van der Waals surface area contributed by atoms with Crippen LogP contribution in [0.5, 0.6) is 0 Å². The van der Waals surface area contributed by atoms with Crippen LogP contribution in [0.3, 0.4) is 0 Å². The second kappa shape index (κ2) is 6.78. The van der Waals surface area contributed by atoms with E-state index in [1.807, 2.05) is 0 Å². The Kier molecular flexibility index (Phi) is 5.64. The normalized spacial score (nSPS) is 9.84. The molecule has 0 fully saturated rings. The Bertz CT molecular complexity index is 533. The number of rotatable bonds is 3. The maximum atomic E-state index is 13.0. The van der Waals surface area contributed by atoms with Crippen LogP contribution in [0, 0.1) is 5.82 Å². The average Bonchev–Trinajstić information content (AvgIpc) is 2.30. The van der Waals surface area contributed by atoms with Crippen LogP contribution in [0.1, 0.15) is 0 Å². The van der Waals surface area contributed by atoms with Crippen molar-refractivity contribution in [1.29, 1.82) is 0 Å². The van der Waals surface area contributed by atoms with E-state index in [0.29, 0.717) is 0 Å². The van der Waals surface area contributed by atoms with E-state index in [1.54, 1.807) is 0 Å². The van der Waals surface area contributed by atoms with Crippen molar-refractivity contribution in [2.24, 2.45) is 5.73 Å². The molecule has 0 saturated carbocycles. The van der Waals surface area contributed by atoms with E-state index in [9.17, 15) is 14.0 Å². The molecule has 0 heterocycles. The highest BCUT2D eigenvalue weighted by molar-refractivity contribution is 9.10. The van der Waals surface area contributed by atoms with E-state index in [0.717, 1.165) is 12.1 Å². The number of hydrogen-bond donors (Lipinski definition) is 3. The second-order valence-electron chi connectivity index (χ2n) is 3.35. The largest absolute Gasteiger partial charge is 0.392 e. The van der Waals surface area contributed by atoms with Crippen molar-refractivity contribution in [2.45, 2.75) is 0 Å². The van der Waals surface area contributed by atoms with Gasteiger partial charge < -0.3 is 16.4 Å². The van der Waals surface area contributed by atoms with Crippen molar-refractivity contribution < 1.29 is 14.0 Å².